The van der Waals surface area contributed by atoms with Crippen LogP contribution in [-0.4, -0.2) is 91.5 Å². The summed E-state index contributed by atoms with van der Waals surface area (Å²) in [6.45, 7) is -0.673. The van der Waals surface area contributed by atoms with Gasteiger partial charge in [-0.2, -0.15) is 13.2 Å². The van der Waals surface area contributed by atoms with Crippen molar-refractivity contribution in [3.63, 3.8) is 0 Å². The molecule has 42 heavy (non-hydrogen) atoms. The standard InChI is InChI=1S/C28H29F5N4O5/c1-36-21-8-7-19(11-34-24(38)12-37-14-27(29,30)15-37)42-23(21)13-41-22-9-6-18(10-20(22)26(36)40)35-25(39)16-2-4-17(5-3-16)28(31,32)33/h2-6,9-10,19,21,23H,7-8,11-15H2,1H3,(H,34,38)(H,35,39)/t19-,21-,23-/m0/s1. The Balaban J connectivity index is 1.19. The highest BCUT2D eigenvalue weighted by Gasteiger charge is 2.44. The molecular weight excluding hydrogens is 567 g/mol. The molecule has 14 heteroatoms. The maximum atomic E-state index is 13.4. The van der Waals surface area contributed by atoms with E-state index in [2.05, 4.69) is 10.6 Å². The number of carbonyl (C=O) groups excluding carboxylic acids is 3. The molecule has 0 spiro atoms. The lowest BCUT2D eigenvalue weighted by Gasteiger charge is -2.42. The monoisotopic (exact) mass is 596 g/mol. The zero-order valence-electron chi connectivity index (χ0n) is 22.5. The second kappa shape index (κ2) is 11.5. The van der Waals surface area contributed by atoms with Crippen LogP contribution in [0.3, 0.4) is 0 Å². The molecule has 2 aromatic rings. The highest BCUT2D eigenvalue weighted by atomic mass is 19.4. The van der Waals surface area contributed by atoms with Gasteiger partial charge in [0.05, 0.1) is 42.9 Å². The summed E-state index contributed by atoms with van der Waals surface area (Å²) in [6.07, 6.45) is -4.25. The number of likely N-dealkylation sites (N-methyl/N-ethyl adjacent to an activating group) is 1. The Morgan fingerprint density at radius 3 is 2.45 bits per heavy atom. The normalized spacial score (nSPS) is 23.8. The molecule has 2 saturated heterocycles. The third-order valence-corrected chi connectivity index (χ3v) is 7.55. The maximum Gasteiger partial charge on any atom is 0.416 e. The minimum Gasteiger partial charge on any atom is -0.490 e. The Hall–Kier alpha value is -3.78. The number of halogens is 5. The van der Waals surface area contributed by atoms with Gasteiger partial charge in [0.2, 0.25) is 5.91 Å². The third-order valence-electron chi connectivity index (χ3n) is 7.55. The minimum absolute atomic E-state index is 0.0180. The Kier molecular flexibility index (Phi) is 8.12. The summed E-state index contributed by atoms with van der Waals surface area (Å²) in [4.78, 5) is 41.1. The van der Waals surface area contributed by atoms with Crippen LogP contribution in [0.2, 0.25) is 0 Å². The topological polar surface area (TPSA) is 100 Å². The smallest absolute Gasteiger partial charge is 0.416 e. The molecule has 9 nitrogen and oxygen atoms in total. The van der Waals surface area contributed by atoms with Crippen molar-refractivity contribution in [2.45, 2.75) is 43.2 Å². The van der Waals surface area contributed by atoms with E-state index >= 15 is 0 Å². The first-order chi connectivity index (χ1) is 19.8. The number of amides is 3. The quantitative estimate of drug-likeness (QED) is 0.496. The number of fused-ring (bicyclic) bond motifs is 2. The van der Waals surface area contributed by atoms with Gasteiger partial charge in [-0.25, -0.2) is 8.78 Å². The number of alkyl halides is 5. The van der Waals surface area contributed by atoms with Gasteiger partial charge in [-0.1, -0.05) is 0 Å². The van der Waals surface area contributed by atoms with E-state index in [0.717, 1.165) is 24.3 Å². The zero-order chi connectivity index (χ0) is 30.2. The number of rotatable bonds is 6. The molecule has 2 N–H and O–H groups in total. The van der Waals surface area contributed by atoms with Crippen molar-refractivity contribution in [2.75, 3.05) is 45.2 Å². The number of nitrogens with zero attached hydrogens (tertiary/aromatic N) is 2. The SMILES string of the molecule is CN1C(=O)c2cc(NC(=O)c3ccc(C(F)(F)F)cc3)ccc2OC[C@@H]2O[C@H](CNC(=O)CN3CC(F)(F)C3)CC[C@@H]21. The van der Waals surface area contributed by atoms with Crippen molar-refractivity contribution in [1.29, 1.82) is 0 Å². The molecule has 3 aliphatic heterocycles. The molecule has 0 saturated carbocycles. The Labute approximate surface area is 237 Å². The molecular formula is C28H29F5N4O5. The van der Waals surface area contributed by atoms with Gasteiger partial charge >= 0.3 is 6.18 Å². The lowest BCUT2D eigenvalue weighted by molar-refractivity contribution is -0.145. The van der Waals surface area contributed by atoms with Gasteiger partial charge < -0.3 is 25.0 Å². The van der Waals surface area contributed by atoms with Crippen molar-refractivity contribution in [2.24, 2.45) is 0 Å². The molecule has 3 heterocycles. The fourth-order valence-electron chi connectivity index (χ4n) is 5.33. The molecule has 3 amide bonds. The summed E-state index contributed by atoms with van der Waals surface area (Å²) < 4.78 is 76.5. The van der Waals surface area contributed by atoms with Crippen LogP contribution in [0.25, 0.3) is 0 Å². The van der Waals surface area contributed by atoms with Crippen LogP contribution in [0.15, 0.2) is 42.5 Å². The Morgan fingerprint density at radius 1 is 1.07 bits per heavy atom. The highest BCUT2D eigenvalue weighted by molar-refractivity contribution is 6.05. The summed E-state index contributed by atoms with van der Waals surface area (Å²) in [5.41, 5.74) is -0.390. The predicted octanol–water partition coefficient (Wildman–Crippen LogP) is 3.41. The van der Waals surface area contributed by atoms with E-state index < -0.39 is 42.8 Å². The second-order valence-corrected chi connectivity index (χ2v) is 10.7. The summed E-state index contributed by atoms with van der Waals surface area (Å²) in [5, 5.41) is 5.32. The lowest BCUT2D eigenvalue weighted by atomic mass is 9.95. The van der Waals surface area contributed by atoms with Crippen LogP contribution in [0.1, 0.15) is 39.1 Å². The summed E-state index contributed by atoms with van der Waals surface area (Å²) in [6, 6.07) is 7.94. The Morgan fingerprint density at radius 2 is 1.79 bits per heavy atom. The van der Waals surface area contributed by atoms with Gasteiger partial charge in [0.25, 0.3) is 17.7 Å². The van der Waals surface area contributed by atoms with Crippen molar-refractivity contribution < 1.29 is 45.8 Å². The molecule has 0 aromatic heterocycles. The molecule has 2 fully saturated rings. The fraction of sp³-hybridized carbons (Fsp3) is 0.464. The van der Waals surface area contributed by atoms with E-state index in [4.69, 9.17) is 9.47 Å². The molecule has 2 aromatic carbocycles. The van der Waals surface area contributed by atoms with E-state index in [0.29, 0.717) is 12.8 Å². The lowest BCUT2D eigenvalue weighted by Crippen LogP contribution is -2.59. The number of hydrogen-bond donors (Lipinski definition) is 2. The van der Waals surface area contributed by atoms with Gasteiger partial charge in [-0.15, -0.1) is 0 Å². The van der Waals surface area contributed by atoms with Gasteiger partial charge in [0.1, 0.15) is 18.5 Å². The average Bonchev–Trinajstić information content (AvgIpc) is 2.92. The van der Waals surface area contributed by atoms with Crippen LogP contribution in [0.5, 0.6) is 5.75 Å². The second-order valence-electron chi connectivity index (χ2n) is 10.7. The molecule has 0 aliphatic carbocycles. The van der Waals surface area contributed by atoms with Crippen molar-refractivity contribution in [1.82, 2.24) is 15.1 Å². The molecule has 0 unspecified atom stereocenters. The van der Waals surface area contributed by atoms with Crippen LogP contribution in [0.4, 0.5) is 27.6 Å². The van der Waals surface area contributed by atoms with Crippen LogP contribution >= 0.6 is 0 Å². The van der Waals surface area contributed by atoms with Gasteiger partial charge in [0, 0.05) is 24.8 Å². The number of nitrogens with one attached hydrogen (secondary N) is 2. The first-order valence-corrected chi connectivity index (χ1v) is 13.3. The molecule has 5 rings (SSSR count). The van der Waals surface area contributed by atoms with Gasteiger partial charge in [0.15, 0.2) is 0 Å². The molecule has 0 bridgehead atoms. The fourth-order valence-corrected chi connectivity index (χ4v) is 5.33. The van der Waals surface area contributed by atoms with E-state index in [1.54, 1.807) is 11.9 Å². The number of anilines is 1. The van der Waals surface area contributed by atoms with Crippen LogP contribution in [0, 0.1) is 0 Å². The highest BCUT2D eigenvalue weighted by Crippen LogP contribution is 2.33. The average molecular weight is 597 g/mol. The third kappa shape index (κ3) is 6.65. The number of likely N-dealkylation sites (tertiary alicyclic amines) is 1. The van der Waals surface area contributed by atoms with E-state index in [9.17, 15) is 36.3 Å². The molecule has 226 valence electrons. The number of ether oxygens (including phenoxy) is 2. The summed E-state index contributed by atoms with van der Waals surface area (Å²) in [7, 11) is 1.64. The predicted molar refractivity (Wildman–Crippen MR) is 140 cm³/mol. The molecule has 0 radical (unpaired) electrons. The maximum absolute atomic E-state index is 13.4. The van der Waals surface area contributed by atoms with Crippen molar-refractivity contribution >= 4 is 23.4 Å². The van der Waals surface area contributed by atoms with Crippen LogP contribution in [-0.2, 0) is 15.7 Å². The first kappa shape index (κ1) is 29.7. The summed E-state index contributed by atoms with van der Waals surface area (Å²) >= 11 is 0. The number of hydrogen-bond acceptors (Lipinski definition) is 6. The number of benzene rings is 2. The molecule has 3 atom stereocenters. The van der Waals surface area contributed by atoms with E-state index in [-0.39, 0.29) is 66.2 Å². The minimum atomic E-state index is -4.52. The molecule has 3 aliphatic rings. The van der Waals surface area contributed by atoms with Crippen molar-refractivity contribution in [3.05, 3.63) is 59.2 Å². The number of carbonyl (C=O) groups is 3. The largest absolute Gasteiger partial charge is 0.490 e. The van der Waals surface area contributed by atoms with Crippen molar-refractivity contribution in [3.8, 4) is 5.75 Å². The van der Waals surface area contributed by atoms with E-state index in [1.165, 1.54) is 23.1 Å². The Bertz CT molecular complexity index is 1350. The van der Waals surface area contributed by atoms with Gasteiger partial charge in [-0.05, 0) is 55.3 Å². The van der Waals surface area contributed by atoms with Crippen LogP contribution < -0.4 is 15.4 Å². The van der Waals surface area contributed by atoms with Gasteiger partial charge in [-0.3, -0.25) is 19.3 Å². The van der Waals surface area contributed by atoms with E-state index in [1.807, 2.05) is 0 Å². The summed E-state index contributed by atoms with van der Waals surface area (Å²) in [5.74, 6) is -3.85. The zero-order valence-corrected chi connectivity index (χ0v) is 22.5. The first-order valence-electron chi connectivity index (χ1n) is 13.3.